The van der Waals surface area contributed by atoms with Crippen LogP contribution in [0.4, 0.5) is 0 Å². The fourth-order valence-corrected chi connectivity index (χ4v) is 3.76. The highest BCUT2D eigenvalue weighted by atomic mass is 16.5. The molecule has 2 atom stereocenters. The van der Waals surface area contributed by atoms with Gasteiger partial charge in [0.25, 0.3) is 0 Å². The summed E-state index contributed by atoms with van der Waals surface area (Å²) in [5.74, 6) is -1.35. The van der Waals surface area contributed by atoms with E-state index < -0.39 is 29.3 Å². The van der Waals surface area contributed by atoms with Gasteiger partial charge < -0.3 is 20.3 Å². The normalized spacial score (nSPS) is 23.1. The molecule has 4 rings (SSSR count). The van der Waals surface area contributed by atoms with E-state index in [1.54, 1.807) is 13.8 Å². The van der Waals surface area contributed by atoms with Crippen molar-refractivity contribution in [1.29, 1.82) is 0 Å². The molecule has 0 amide bonds. The number of allylic oxidation sites excluding steroid dienone is 1. The molecular formula is C22H21NO5. The number of benzene rings is 2. The second kappa shape index (κ2) is 6.58. The number of ketones is 2. The minimum atomic E-state index is -1.09. The van der Waals surface area contributed by atoms with E-state index >= 15 is 0 Å². The zero-order valence-electron chi connectivity index (χ0n) is 15.6. The Bertz CT molecular complexity index is 993. The number of rotatable bonds is 3. The molecule has 0 saturated heterocycles. The Morgan fingerprint density at radius 3 is 2.46 bits per heavy atom. The van der Waals surface area contributed by atoms with Gasteiger partial charge in [-0.3, -0.25) is 9.59 Å². The van der Waals surface area contributed by atoms with Gasteiger partial charge in [0.1, 0.15) is 17.5 Å². The molecule has 1 aliphatic heterocycles. The molecule has 0 unspecified atom stereocenters. The maximum absolute atomic E-state index is 13.2. The van der Waals surface area contributed by atoms with Gasteiger partial charge in [-0.1, -0.05) is 42.5 Å². The van der Waals surface area contributed by atoms with Crippen LogP contribution >= 0.6 is 0 Å². The summed E-state index contributed by atoms with van der Waals surface area (Å²) in [5, 5.41) is 24.2. The van der Waals surface area contributed by atoms with Gasteiger partial charge in [-0.05, 0) is 25.5 Å². The Balaban J connectivity index is 1.78. The lowest BCUT2D eigenvalue weighted by Crippen LogP contribution is -2.58. The lowest BCUT2D eigenvalue weighted by molar-refractivity contribution is -0.0923. The molecule has 2 aromatic carbocycles. The van der Waals surface area contributed by atoms with Crippen molar-refractivity contribution in [2.45, 2.75) is 38.1 Å². The molecule has 0 fully saturated rings. The zero-order chi connectivity index (χ0) is 20.1. The lowest BCUT2D eigenvalue weighted by atomic mass is 9.77. The van der Waals surface area contributed by atoms with Crippen LogP contribution in [0.2, 0.25) is 0 Å². The van der Waals surface area contributed by atoms with E-state index in [-0.39, 0.29) is 28.2 Å². The topological polar surface area (TPSA) is 95.9 Å². The quantitative estimate of drug-likeness (QED) is 0.758. The van der Waals surface area contributed by atoms with Crippen LogP contribution in [0.1, 0.15) is 40.1 Å². The highest BCUT2D eigenvalue weighted by Gasteiger charge is 2.50. The van der Waals surface area contributed by atoms with Gasteiger partial charge in [-0.15, -0.1) is 0 Å². The van der Waals surface area contributed by atoms with Gasteiger partial charge in [0, 0.05) is 12.1 Å². The number of aliphatic hydroxyl groups is 1. The minimum Gasteiger partial charge on any atom is -0.507 e. The summed E-state index contributed by atoms with van der Waals surface area (Å²) < 4.78 is 5.77. The molecule has 28 heavy (non-hydrogen) atoms. The molecule has 6 heteroatoms. The number of hydrogen-bond donors (Lipinski definition) is 3. The predicted octanol–water partition coefficient (Wildman–Crippen LogP) is 2.35. The summed E-state index contributed by atoms with van der Waals surface area (Å²) >= 11 is 0. The lowest BCUT2D eigenvalue weighted by Gasteiger charge is -2.44. The highest BCUT2D eigenvalue weighted by Crippen LogP contribution is 2.40. The van der Waals surface area contributed by atoms with Gasteiger partial charge in [0.15, 0.2) is 11.5 Å². The van der Waals surface area contributed by atoms with E-state index in [9.17, 15) is 19.8 Å². The highest BCUT2D eigenvalue weighted by molar-refractivity contribution is 6.27. The first-order chi connectivity index (χ1) is 13.3. The van der Waals surface area contributed by atoms with Crippen molar-refractivity contribution in [3.63, 3.8) is 0 Å². The number of aliphatic hydroxyl groups excluding tert-OH is 1. The van der Waals surface area contributed by atoms with Crippen molar-refractivity contribution < 1.29 is 24.5 Å². The van der Waals surface area contributed by atoms with Crippen LogP contribution < -0.4 is 5.32 Å². The molecule has 0 saturated carbocycles. The smallest absolute Gasteiger partial charge is 0.232 e. The molecule has 1 aliphatic carbocycles. The molecule has 6 nitrogen and oxygen atoms in total. The summed E-state index contributed by atoms with van der Waals surface area (Å²) in [4.78, 5) is 26.2. The monoisotopic (exact) mass is 379 g/mol. The number of nitrogens with one attached hydrogen (secondary N) is 1. The first kappa shape index (κ1) is 18.4. The van der Waals surface area contributed by atoms with Crippen LogP contribution in [0.3, 0.4) is 0 Å². The summed E-state index contributed by atoms with van der Waals surface area (Å²) in [6.45, 7) is 3.73. The number of phenolic OH excluding ortho intramolecular Hbond substituents is 1. The minimum absolute atomic E-state index is 0.0553. The van der Waals surface area contributed by atoms with Gasteiger partial charge in [-0.25, -0.2) is 0 Å². The molecule has 3 N–H and O–H groups in total. The Morgan fingerprint density at radius 1 is 1.04 bits per heavy atom. The van der Waals surface area contributed by atoms with E-state index in [0.29, 0.717) is 6.54 Å². The Hall–Kier alpha value is -2.96. The van der Waals surface area contributed by atoms with Crippen LogP contribution in [-0.2, 0) is 11.3 Å². The summed E-state index contributed by atoms with van der Waals surface area (Å²) in [5.41, 5.74) is 0.0519. The van der Waals surface area contributed by atoms with Crippen molar-refractivity contribution in [3.8, 4) is 5.75 Å². The first-order valence-electron chi connectivity index (χ1n) is 9.11. The summed E-state index contributed by atoms with van der Waals surface area (Å²) in [7, 11) is 0. The van der Waals surface area contributed by atoms with E-state index in [2.05, 4.69) is 5.32 Å². The van der Waals surface area contributed by atoms with Crippen molar-refractivity contribution in [3.05, 3.63) is 76.6 Å². The molecule has 1 heterocycles. The summed E-state index contributed by atoms with van der Waals surface area (Å²) in [6.07, 6.45) is -1.05. The SMILES string of the molecule is CC1(C)OC2=C(C(=O)c3cccc(O)c3C2=O)[C@H](NCc2ccccc2)[C@@H]1O. The van der Waals surface area contributed by atoms with Crippen LogP contribution in [0.15, 0.2) is 59.9 Å². The number of carbonyl (C=O) groups is 2. The molecule has 0 spiro atoms. The van der Waals surface area contributed by atoms with E-state index in [1.807, 2.05) is 30.3 Å². The fourth-order valence-electron chi connectivity index (χ4n) is 3.76. The molecule has 0 radical (unpaired) electrons. The van der Waals surface area contributed by atoms with Crippen molar-refractivity contribution in [2.24, 2.45) is 0 Å². The van der Waals surface area contributed by atoms with Crippen molar-refractivity contribution in [2.75, 3.05) is 0 Å². The van der Waals surface area contributed by atoms with Crippen molar-refractivity contribution >= 4 is 11.6 Å². The third-order valence-electron chi connectivity index (χ3n) is 5.28. The van der Waals surface area contributed by atoms with Crippen LogP contribution in [0.5, 0.6) is 5.75 Å². The number of ether oxygens (including phenoxy) is 1. The Kier molecular flexibility index (Phi) is 4.33. The number of Topliss-reactive ketones (excluding diaryl/α,β-unsaturated/α-hetero) is 2. The average Bonchev–Trinajstić information content (AvgIpc) is 2.67. The maximum Gasteiger partial charge on any atom is 0.232 e. The Labute approximate surface area is 162 Å². The summed E-state index contributed by atoms with van der Waals surface area (Å²) in [6, 6.07) is 13.2. The Morgan fingerprint density at radius 2 is 1.75 bits per heavy atom. The van der Waals surface area contributed by atoms with E-state index in [4.69, 9.17) is 4.74 Å². The van der Waals surface area contributed by atoms with Crippen LogP contribution in [-0.4, -0.2) is 39.5 Å². The van der Waals surface area contributed by atoms with Gasteiger partial charge in [0.2, 0.25) is 5.78 Å². The molecule has 2 aromatic rings. The predicted molar refractivity (Wildman–Crippen MR) is 102 cm³/mol. The molecular weight excluding hydrogens is 358 g/mol. The molecule has 144 valence electrons. The molecule has 2 aliphatic rings. The molecule has 0 bridgehead atoms. The fraction of sp³-hybridized carbons (Fsp3) is 0.273. The largest absolute Gasteiger partial charge is 0.507 e. The number of phenols is 1. The van der Waals surface area contributed by atoms with Gasteiger partial charge in [0.05, 0.1) is 17.2 Å². The number of hydrogen-bond acceptors (Lipinski definition) is 6. The average molecular weight is 379 g/mol. The second-order valence-electron chi connectivity index (χ2n) is 7.60. The second-order valence-corrected chi connectivity index (χ2v) is 7.60. The van der Waals surface area contributed by atoms with E-state index in [0.717, 1.165) is 5.56 Å². The number of aromatic hydroxyl groups is 1. The van der Waals surface area contributed by atoms with Crippen molar-refractivity contribution in [1.82, 2.24) is 5.32 Å². The van der Waals surface area contributed by atoms with Crippen LogP contribution in [0, 0.1) is 0 Å². The standard InChI is InChI=1S/C22H21NO5/c1-22(2)21(27)17(23-11-12-7-4-3-5-8-12)16-18(25)13-9-6-10-14(24)15(13)19(26)20(16)28-22/h3-10,17,21,23-24,27H,11H2,1-2H3/t17-,21-/m0/s1. The van der Waals surface area contributed by atoms with Gasteiger partial charge in [-0.2, -0.15) is 0 Å². The number of carbonyl (C=O) groups excluding carboxylic acids is 2. The number of fused-ring (bicyclic) bond motifs is 1. The third kappa shape index (κ3) is 2.82. The van der Waals surface area contributed by atoms with E-state index in [1.165, 1.54) is 18.2 Å². The third-order valence-corrected chi connectivity index (χ3v) is 5.28. The molecule has 0 aromatic heterocycles. The van der Waals surface area contributed by atoms with Crippen LogP contribution in [0.25, 0.3) is 0 Å². The van der Waals surface area contributed by atoms with Gasteiger partial charge >= 0.3 is 0 Å². The maximum atomic E-state index is 13.2. The first-order valence-corrected chi connectivity index (χ1v) is 9.11. The zero-order valence-corrected chi connectivity index (χ0v) is 15.6.